The summed E-state index contributed by atoms with van der Waals surface area (Å²) in [5, 5.41) is 19.8. The maximum atomic E-state index is 9.88. The fraction of sp³-hybridized carbons (Fsp3) is 0.0769. The predicted octanol–water partition coefficient (Wildman–Crippen LogP) is 4.04. The number of benzene rings is 4. The van der Waals surface area contributed by atoms with Crippen molar-refractivity contribution in [1.29, 1.82) is 0 Å². The first-order chi connectivity index (χ1) is 14.1. The summed E-state index contributed by atoms with van der Waals surface area (Å²) >= 11 is 0. The lowest BCUT2D eigenvalue weighted by Crippen LogP contribution is -2.33. The SMILES string of the molecule is Cc1cccc(C2(c3ccccc3)c3ccccc3-c3ccc(B(O)O)cc32)c1. The highest BCUT2D eigenvalue weighted by Crippen LogP contribution is 2.55. The number of fused-ring (bicyclic) bond motifs is 3. The van der Waals surface area contributed by atoms with Crippen LogP contribution in [-0.4, -0.2) is 17.2 Å². The van der Waals surface area contributed by atoms with Gasteiger partial charge in [-0.2, -0.15) is 0 Å². The molecule has 0 amide bonds. The molecule has 4 aromatic rings. The zero-order valence-electron chi connectivity index (χ0n) is 16.2. The highest BCUT2D eigenvalue weighted by atomic mass is 16.4. The Kier molecular flexibility index (Phi) is 4.16. The molecule has 0 fully saturated rings. The van der Waals surface area contributed by atoms with Crippen LogP contribution >= 0.6 is 0 Å². The largest absolute Gasteiger partial charge is 0.488 e. The molecule has 4 aromatic carbocycles. The Balaban J connectivity index is 1.96. The molecule has 0 aliphatic heterocycles. The van der Waals surface area contributed by atoms with Crippen molar-refractivity contribution in [3.8, 4) is 11.1 Å². The van der Waals surface area contributed by atoms with E-state index in [1.807, 2.05) is 18.2 Å². The molecule has 0 spiro atoms. The van der Waals surface area contributed by atoms with Gasteiger partial charge in [-0.3, -0.25) is 0 Å². The average molecular weight is 376 g/mol. The van der Waals surface area contributed by atoms with Gasteiger partial charge in [0.15, 0.2) is 0 Å². The first-order valence-corrected chi connectivity index (χ1v) is 9.85. The second kappa shape index (κ2) is 6.73. The molecule has 140 valence electrons. The van der Waals surface area contributed by atoms with Crippen LogP contribution in [0.5, 0.6) is 0 Å². The molecule has 0 saturated heterocycles. The predicted molar refractivity (Wildman–Crippen MR) is 118 cm³/mol. The van der Waals surface area contributed by atoms with Crippen LogP contribution in [0.4, 0.5) is 0 Å². The van der Waals surface area contributed by atoms with E-state index in [2.05, 4.69) is 79.7 Å². The second-order valence-electron chi connectivity index (χ2n) is 7.71. The van der Waals surface area contributed by atoms with Gasteiger partial charge in [-0.15, -0.1) is 0 Å². The highest BCUT2D eigenvalue weighted by molar-refractivity contribution is 6.58. The summed E-state index contributed by atoms with van der Waals surface area (Å²) in [6.45, 7) is 2.11. The smallest absolute Gasteiger partial charge is 0.423 e. The van der Waals surface area contributed by atoms with Crippen molar-refractivity contribution in [2.45, 2.75) is 12.3 Å². The van der Waals surface area contributed by atoms with Crippen LogP contribution in [0.2, 0.25) is 0 Å². The van der Waals surface area contributed by atoms with Gasteiger partial charge in [-0.1, -0.05) is 103 Å². The minimum absolute atomic E-state index is 0.504. The van der Waals surface area contributed by atoms with E-state index in [9.17, 15) is 10.0 Å². The van der Waals surface area contributed by atoms with Crippen molar-refractivity contribution in [3.05, 3.63) is 125 Å². The van der Waals surface area contributed by atoms with E-state index in [0.29, 0.717) is 5.46 Å². The van der Waals surface area contributed by atoms with Crippen LogP contribution in [0.25, 0.3) is 11.1 Å². The van der Waals surface area contributed by atoms with Gasteiger partial charge in [0.25, 0.3) is 0 Å². The molecule has 0 heterocycles. The van der Waals surface area contributed by atoms with Crippen LogP contribution < -0.4 is 5.46 Å². The minimum atomic E-state index is -1.50. The molecule has 5 rings (SSSR count). The van der Waals surface area contributed by atoms with Gasteiger partial charge in [-0.25, -0.2) is 0 Å². The van der Waals surface area contributed by atoms with E-state index >= 15 is 0 Å². The number of rotatable bonds is 3. The molecule has 29 heavy (non-hydrogen) atoms. The lowest BCUT2D eigenvalue weighted by Gasteiger charge is -2.34. The Morgan fingerprint density at radius 3 is 2.07 bits per heavy atom. The fourth-order valence-corrected chi connectivity index (χ4v) is 4.81. The molecule has 1 atom stereocenters. The fourth-order valence-electron chi connectivity index (χ4n) is 4.81. The molecular weight excluding hydrogens is 355 g/mol. The molecule has 3 heteroatoms. The quantitative estimate of drug-likeness (QED) is 0.467. The van der Waals surface area contributed by atoms with Crippen LogP contribution in [-0.2, 0) is 5.41 Å². The lowest BCUT2D eigenvalue weighted by atomic mass is 9.66. The molecule has 0 aromatic heterocycles. The van der Waals surface area contributed by atoms with E-state index in [-0.39, 0.29) is 0 Å². The maximum absolute atomic E-state index is 9.88. The van der Waals surface area contributed by atoms with Gasteiger partial charge in [0.2, 0.25) is 0 Å². The number of hydrogen-bond acceptors (Lipinski definition) is 2. The Morgan fingerprint density at radius 1 is 0.621 bits per heavy atom. The topological polar surface area (TPSA) is 40.5 Å². The summed E-state index contributed by atoms with van der Waals surface area (Å²) in [6.07, 6.45) is 0. The Bertz CT molecular complexity index is 1200. The molecular formula is C26H21BO2. The monoisotopic (exact) mass is 376 g/mol. The molecule has 2 nitrogen and oxygen atoms in total. The van der Waals surface area contributed by atoms with Crippen molar-refractivity contribution in [2.24, 2.45) is 0 Å². The minimum Gasteiger partial charge on any atom is -0.423 e. The molecule has 1 aliphatic rings. The van der Waals surface area contributed by atoms with Crippen LogP contribution in [0.1, 0.15) is 27.8 Å². The maximum Gasteiger partial charge on any atom is 0.488 e. The number of aryl methyl sites for hydroxylation is 1. The van der Waals surface area contributed by atoms with Gasteiger partial charge in [0.05, 0.1) is 5.41 Å². The van der Waals surface area contributed by atoms with E-state index in [4.69, 9.17) is 0 Å². The summed E-state index contributed by atoms with van der Waals surface area (Å²) < 4.78 is 0. The van der Waals surface area contributed by atoms with Gasteiger partial charge in [-0.05, 0) is 45.8 Å². The lowest BCUT2D eigenvalue weighted by molar-refractivity contribution is 0.425. The highest BCUT2D eigenvalue weighted by Gasteiger charge is 2.46. The molecule has 0 radical (unpaired) electrons. The molecule has 0 bridgehead atoms. The average Bonchev–Trinajstić information content (AvgIpc) is 3.05. The Labute approximate surface area is 171 Å². The van der Waals surface area contributed by atoms with E-state index in [0.717, 1.165) is 11.1 Å². The van der Waals surface area contributed by atoms with Crippen molar-refractivity contribution in [1.82, 2.24) is 0 Å². The van der Waals surface area contributed by atoms with E-state index in [1.54, 1.807) is 6.07 Å². The molecule has 1 unspecified atom stereocenters. The standard InChI is InChI=1S/C26H21BO2/c1-18-8-7-11-20(16-18)26(19-9-3-2-4-10-19)24-13-6-5-12-22(24)23-15-14-21(27(28)29)17-25(23)26/h2-17,28-29H,1H3. The molecule has 2 N–H and O–H groups in total. The van der Waals surface area contributed by atoms with Gasteiger partial charge >= 0.3 is 7.12 Å². The van der Waals surface area contributed by atoms with Gasteiger partial charge < -0.3 is 10.0 Å². The van der Waals surface area contributed by atoms with Crippen LogP contribution in [0, 0.1) is 6.92 Å². The summed E-state index contributed by atoms with van der Waals surface area (Å²) in [6, 6.07) is 33.4. The first kappa shape index (κ1) is 17.9. The van der Waals surface area contributed by atoms with Crippen molar-refractivity contribution in [2.75, 3.05) is 0 Å². The Hall–Kier alpha value is -3.14. The van der Waals surface area contributed by atoms with Crippen LogP contribution in [0.15, 0.2) is 97.1 Å². The normalized spacial score (nSPS) is 16.9. The summed E-state index contributed by atoms with van der Waals surface area (Å²) in [7, 11) is -1.50. The first-order valence-electron chi connectivity index (χ1n) is 9.85. The third-order valence-corrected chi connectivity index (χ3v) is 6.02. The zero-order valence-corrected chi connectivity index (χ0v) is 16.2. The molecule has 0 saturated carbocycles. The van der Waals surface area contributed by atoms with Crippen molar-refractivity contribution >= 4 is 12.6 Å². The summed E-state index contributed by atoms with van der Waals surface area (Å²) in [5.41, 5.74) is 8.16. The summed E-state index contributed by atoms with van der Waals surface area (Å²) in [5.74, 6) is 0. The van der Waals surface area contributed by atoms with E-state index in [1.165, 1.54) is 27.8 Å². The van der Waals surface area contributed by atoms with Crippen molar-refractivity contribution < 1.29 is 10.0 Å². The zero-order chi connectivity index (χ0) is 20.0. The van der Waals surface area contributed by atoms with Crippen molar-refractivity contribution in [3.63, 3.8) is 0 Å². The number of hydrogen-bond donors (Lipinski definition) is 2. The van der Waals surface area contributed by atoms with E-state index < -0.39 is 12.5 Å². The third-order valence-electron chi connectivity index (χ3n) is 6.02. The van der Waals surface area contributed by atoms with Crippen LogP contribution in [0.3, 0.4) is 0 Å². The summed E-state index contributed by atoms with van der Waals surface area (Å²) in [4.78, 5) is 0. The van der Waals surface area contributed by atoms with Gasteiger partial charge in [0, 0.05) is 0 Å². The molecule has 1 aliphatic carbocycles. The second-order valence-corrected chi connectivity index (χ2v) is 7.71. The Morgan fingerprint density at radius 2 is 1.31 bits per heavy atom. The van der Waals surface area contributed by atoms with Gasteiger partial charge in [0.1, 0.15) is 0 Å². The third kappa shape index (κ3) is 2.59.